The molecule has 1 saturated carbocycles. The first-order valence-corrected chi connectivity index (χ1v) is 22.1. The molecule has 62 heavy (non-hydrogen) atoms. The third-order valence-corrected chi connectivity index (χ3v) is 14.3. The van der Waals surface area contributed by atoms with Crippen molar-refractivity contribution in [3.05, 3.63) is 111 Å². The maximum absolute atomic E-state index is 13.6. The SMILES string of the molecule is C=CCn1c(=O)c2cnc(Nc3ccc4c(c3)CCN([C@H]3CC[C@@H](N5Cc6cc7onc(C8CCC(=O)NC8=O)c7cc6C5)CC3)C4)nc2n1-c1ccc2c(n1)[C@@](O)(CC)CC2. The Morgan fingerprint density at radius 2 is 1.66 bits per heavy atom. The van der Waals surface area contributed by atoms with Gasteiger partial charge in [-0.25, -0.2) is 19.3 Å². The lowest BCUT2D eigenvalue weighted by molar-refractivity contribution is -0.134. The van der Waals surface area contributed by atoms with Crippen molar-refractivity contribution >= 4 is 45.5 Å². The van der Waals surface area contributed by atoms with E-state index in [0.29, 0.717) is 77.5 Å². The Bertz CT molecular complexity index is 2870. The van der Waals surface area contributed by atoms with Crippen LogP contribution >= 0.6 is 0 Å². The van der Waals surface area contributed by atoms with Crippen molar-refractivity contribution in [1.82, 2.24) is 44.6 Å². The van der Waals surface area contributed by atoms with Crippen LogP contribution in [0.5, 0.6) is 0 Å². The average molecular weight is 835 g/mol. The molecular weight excluding hydrogens is 785 g/mol. The molecule has 2 aromatic carbocycles. The minimum absolute atomic E-state index is 0.231. The average Bonchev–Trinajstić information content (AvgIpc) is 4.05. The quantitative estimate of drug-likeness (QED) is 0.118. The number of aryl methyl sites for hydroxylation is 1. The number of imide groups is 1. The smallest absolute Gasteiger partial charge is 0.278 e. The molecule has 2 atom stereocenters. The van der Waals surface area contributed by atoms with Gasteiger partial charge in [0.05, 0.1) is 18.2 Å². The highest BCUT2D eigenvalue weighted by atomic mass is 16.5. The number of fused-ring (bicyclic) bond motifs is 5. The van der Waals surface area contributed by atoms with Crippen LogP contribution in [-0.4, -0.2) is 74.8 Å². The van der Waals surface area contributed by atoms with Gasteiger partial charge in [-0.15, -0.1) is 6.58 Å². The summed E-state index contributed by atoms with van der Waals surface area (Å²) < 4.78 is 9.00. The number of benzene rings is 2. The minimum Gasteiger partial charge on any atom is -0.384 e. The Balaban J connectivity index is 0.747. The van der Waals surface area contributed by atoms with E-state index in [4.69, 9.17) is 14.5 Å². The fourth-order valence-corrected chi connectivity index (χ4v) is 10.8. The number of pyridine rings is 1. The van der Waals surface area contributed by atoms with Crippen LogP contribution in [0.1, 0.15) is 103 Å². The Kier molecular flexibility index (Phi) is 9.47. The van der Waals surface area contributed by atoms with Gasteiger partial charge in [0.15, 0.2) is 17.0 Å². The minimum atomic E-state index is -0.991. The molecule has 0 spiro atoms. The summed E-state index contributed by atoms with van der Waals surface area (Å²) in [5.74, 6) is -0.0944. The van der Waals surface area contributed by atoms with E-state index in [2.05, 4.69) is 67.5 Å². The van der Waals surface area contributed by atoms with Crippen molar-refractivity contribution < 1.29 is 19.2 Å². The number of amides is 2. The fourth-order valence-electron chi connectivity index (χ4n) is 10.8. The Morgan fingerprint density at radius 1 is 0.887 bits per heavy atom. The Labute approximate surface area is 357 Å². The molecule has 2 aliphatic carbocycles. The van der Waals surface area contributed by atoms with E-state index in [0.717, 1.165) is 81.3 Å². The molecular formula is C47H50N10O5. The number of carbonyl (C=O) groups is 2. The molecule has 3 aliphatic heterocycles. The van der Waals surface area contributed by atoms with E-state index >= 15 is 0 Å². The highest BCUT2D eigenvalue weighted by Crippen LogP contribution is 2.40. The van der Waals surface area contributed by atoms with Gasteiger partial charge in [-0.05, 0) is 116 Å². The lowest BCUT2D eigenvalue weighted by Gasteiger charge is -2.41. The summed E-state index contributed by atoms with van der Waals surface area (Å²) in [7, 11) is 0. The van der Waals surface area contributed by atoms with E-state index in [1.807, 2.05) is 19.1 Å². The number of rotatable bonds is 9. The highest BCUT2D eigenvalue weighted by Gasteiger charge is 2.38. The van der Waals surface area contributed by atoms with Crippen molar-refractivity contribution in [3.63, 3.8) is 0 Å². The molecule has 7 heterocycles. The van der Waals surface area contributed by atoms with Gasteiger partial charge in [-0.1, -0.05) is 30.3 Å². The number of piperidine rings is 1. The van der Waals surface area contributed by atoms with Gasteiger partial charge >= 0.3 is 0 Å². The summed E-state index contributed by atoms with van der Waals surface area (Å²) in [4.78, 5) is 57.6. The van der Waals surface area contributed by atoms with Gasteiger partial charge < -0.3 is 14.9 Å². The first-order chi connectivity index (χ1) is 30.2. The molecule has 318 valence electrons. The molecule has 15 nitrogen and oxygen atoms in total. The Morgan fingerprint density at radius 3 is 2.45 bits per heavy atom. The number of anilines is 2. The molecule has 4 aromatic heterocycles. The normalized spacial score (nSPS) is 24.0. The standard InChI is InChI=1S/C47H50N10O5/c1-3-18-56-45(60)37-23-48-46(52-43(37)57(56)39-13-6-27-15-17-47(61,4-2)42(27)50-39)49-32-7-5-29-24-54(19-16-28(29)20-32)33-8-10-34(11-9-33)55-25-30-21-36-38(22-31(30)26-55)62-53-41(36)35-12-14-40(58)51-44(35)59/h3,5-7,13,20-23,33-35,61H,1,4,8-12,14-19,24-26H2,2H3,(H,48,49,52)(H,51,58,59)/t33-,34+,35?,47-/m1/s1. The van der Waals surface area contributed by atoms with E-state index in [1.54, 1.807) is 21.6 Å². The van der Waals surface area contributed by atoms with Crippen LogP contribution < -0.4 is 16.2 Å². The number of hydrogen-bond acceptors (Lipinski definition) is 12. The summed E-state index contributed by atoms with van der Waals surface area (Å²) in [6.07, 6.45) is 11.6. The number of carbonyl (C=O) groups excluding carboxylic acids is 2. The van der Waals surface area contributed by atoms with Crippen molar-refractivity contribution in [2.24, 2.45) is 0 Å². The second-order valence-electron chi connectivity index (χ2n) is 17.9. The molecule has 3 N–H and O–H groups in total. The van der Waals surface area contributed by atoms with Crippen molar-refractivity contribution in [2.45, 2.75) is 121 Å². The van der Waals surface area contributed by atoms with Crippen LogP contribution in [0, 0.1) is 0 Å². The number of allylic oxidation sites excluding steroid dienone is 1. The van der Waals surface area contributed by atoms with Gasteiger partial charge in [0.25, 0.3) is 5.56 Å². The molecule has 1 saturated heterocycles. The number of aliphatic hydroxyl groups is 1. The maximum Gasteiger partial charge on any atom is 0.278 e. The van der Waals surface area contributed by atoms with Crippen LogP contribution in [-0.2, 0) is 54.2 Å². The molecule has 5 aliphatic rings. The van der Waals surface area contributed by atoms with Crippen LogP contribution in [0.15, 0.2) is 70.6 Å². The third kappa shape index (κ3) is 6.56. The van der Waals surface area contributed by atoms with Crippen LogP contribution in [0.3, 0.4) is 0 Å². The van der Waals surface area contributed by atoms with Crippen molar-refractivity contribution in [2.75, 3.05) is 11.9 Å². The van der Waals surface area contributed by atoms with Crippen LogP contribution in [0.25, 0.3) is 27.8 Å². The molecule has 0 bridgehead atoms. The summed E-state index contributed by atoms with van der Waals surface area (Å²) >= 11 is 0. The predicted octanol–water partition coefficient (Wildman–Crippen LogP) is 5.80. The lowest BCUT2D eigenvalue weighted by atomic mass is 9.87. The second kappa shape index (κ2) is 15.1. The molecule has 11 rings (SSSR count). The van der Waals surface area contributed by atoms with Gasteiger partial charge in [0, 0.05) is 62.0 Å². The summed E-state index contributed by atoms with van der Waals surface area (Å²) in [5, 5.41) is 22.7. The van der Waals surface area contributed by atoms with E-state index in [1.165, 1.54) is 22.3 Å². The molecule has 1 unspecified atom stereocenters. The number of nitrogens with zero attached hydrogens (tertiary/aromatic N) is 8. The van der Waals surface area contributed by atoms with Gasteiger partial charge in [0.2, 0.25) is 17.8 Å². The Hall–Kier alpha value is -6.03. The van der Waals surface area contributed by atoms with E-state index in [9.17, 15) is 19.5 Å². The summed E-state index contributed by atoms with van der Waals surface area (Å²) in [6, 6.07) is 15.7. The second-order valence-corrected chi connectivity index (χ2v) is 17.9. The highest BCUT2D eigenvalue weighted by molar-refractivity contribution is 6.02. The molecule has 6 aromatic rings. The number of hydrogen-bond donors (Lipinski definition) is 3. The number of nitrogens with one attached hydrogen (secondary N) is 2. The monoisotopic (exact) mass is 834 g/mol. The van der Waals surface area contributed by atoms with Gasteiger partial charge in [-0.3, -0.25) is 29.5 Å². The van der Waals surface area contributed by atoms with Crippen molar-refractivity contribution in [1.29, 1.82) is 0 Å². The number of aromatic nitrogens is 6. The van der Waals surface area contributed by atoms with Crippen LogP contribution in [0.2, 0.25) is 0 Å². The van der Waals surface area contributed by atoms with E-state index < -0.39 is 11.5 Å². The zero-order valence-corrected chi connectivity index (χ0v) is 34.9. The topological polar surface area (TPSA) is 177 Å². The molecule has 2 amide bonds. The largest absolute Gasteiger partial charge is 0.384 e. The first kappa shape index (κ1) is 38.9. The molecule has 2 fully saturated rings. The first-order valence-electron chi connectivity index (χ1n) is 22.1. The summed E-state index contributed by atoms with van der Waals surface area (Å²) in [6.45, 7) is 9.81. The molecule has 15 heteroatoms. The van der Waals surface area contributed by atoms with Crippen molar-refractivity contribution in [3.8, 4) is 5.82 Å². The third-order valence-electron chi connectivity index (χ3n) is 14.3. The zero-order chi connectivity index (χ0) is 42.3. The zero-order valence-electron chi connectivity index (χ0n) is 34.9. The maximum atomic E-state index is 13.6. The van der Waals surface area contributed by atoms with Gasteiger partial charge in [0.1, 0.15) is 16.7 Å². The fraction of sp³-hybridized carbons (Fsp3) is 0.426. The predicted molar refractivity (Wildman–Crippen MR) is 232 cm³/mol. The summed E-state index contributed by atoms with van der Waals surface area (Å²) in [5.41, 5.74) is 8.33. The van der Waals surface area contributed by atoms with E-state index in [-0.39, 0.29) is 23.9 Å². The van der Waals surface area contributed by atoms with Crippen LogP contribution in [0.4, 0.5) is 11.6 Å². The van der Waals surface area contributed by atoms with Gasteiger partial charge in [-0.2, -0.15) is 4.98 Å². The molecule has 0 radical (unpaired) electrons. The lowest BCUT2D eigenvalue weighted by Crippen LogP contribution is -2.44.